The Morgan fingerprint density at radius 3 is 0.863 bits per heavy atom. The summed E-state index contributed by atoms with van der Waals surface area (Å²) in [4.78, 5) is -12.5. The van der Waals surface area contributed by atoms with Gasteiger partial charge < -0.3 is 5.73 Å². The topological polar surface area (TPSA) is 26.0 Å². The molecule has 0 aliphatic heterocycles. The summed E-state index contributed by atoms with van der Waals surface area (Å²) in [6.07, 6.45) is 0. The molecule has 4 aromatic carbocycles. The van der Waals surface area contributed by atoms with Gasteiger partial charge in [0.2, 0.25) is 0 Å². The van der Waals surface area contributed by atoms with Gasteiger partial charge >= 0.3 is 40.9 Å². The zero-order valence-corrected chi connectivity index (χ0v) is 27.9. The van der Waals surface area contributed by atoms with Crippen molar-refractivity contribution in [3.8, 4) is 33.4 Å². The molecule has 0 amide bonds. The molecule has 0 radical (unpaired) electrons. The van der Waals surface area contributed by atoms with Gasteiger partial charge in [0.25, 0.3) is 0 Å². The van der Waals surface area contributed by atoms with E-state index in [-0.39, 0.29) is 30.3 Å². The molecule has 0 heterocycles. The fourth-order valence-corrected chi connectivity index (χ4v) is 7.72. The van der Waals surface area contributed by atoms with Crippen molar-refractivity contribution in [2.24, 2.45) is 0 Å². The molecule has 25 heteroatoms. The fourth-order valence-electron chi connectivity index (χ4n) is 4.73. The lowest BCUT2D eigenvalue weighted by Gasteiger charge is -2.44. The molecule has 4 rings (SSSR count). The number of anilines is 1. The van der Waals surface area contributed by atoms with E-state index >= 15 is 0 Å². The molecule has 0 unspecified atom stereocenters. The van der Waals surface area contributed by atoms with Crippen LogP contribution in [0.5, 0.6) is 0 Å². The van der Waals surface area contributed by atoms with Crippen LogP contribution in [0.4, 0.5) is 83.4 Å². The zero-order valence-electron chi connectivity index (χ0n) is 24.6. The summed E-state index contributed by atoms with van der Waals surface area (Å²) < 4.78 is 276. The lowest BCUT2D eigenvalue weighted by atomic mass is 9.90. The van der Waals surface area contributed by atoms with Crippen LogP contribution in [-0.4, -0.2) is 0 Å². The van der Waals surface area contributed by atoms with Gasteiger partial charge in [-0.15, -0.1) is 0 Å². The van der Waals surface area contributed by atoms with Gasteiger partial charge in [-0.1, -0.05) is 89.8 Å². The Morgan fingerprint density at radius 1 is 0.314 bits per heavy atom. The van der Waals surface area contributed by atoms with E-state index in [4.69, 9.17) is 5.73 Å². The standard InChI is InChI=1S/C26H19F20NS4/c1-14-3-16(7-20(5-14)48(27,28,29,30)31)17-11-24(18-4-15(2)6-21(8-18)49(32,33,34,35)36)26(47)25(12-17)19-9-22(50(37,38,39,40)41)13-23(10-19)51(42,43,44,45)46/h3-13H,47H2,1-2H3. The molecule has 0 fully saturated rings. The predicted molar refractivity (Wildman–Crippen MR) is 162 cm³/mol. The van der Waals surface area contributed by atoms with E-state index in [0.29, 0.717) is 18.2 Å². The maximum absolute atomic E-state index is 13.8. The van der Waals surface area contributed by atoms with E-state index in [1.165, 1.54) is 0 Å². The molecule has 4 aromatic rings. The summed E-state index contributed by atoms with van der Waals surface area (Å²) in [6.45, 7) is 1.56. The Labute approximate surface area is 274 Å². The highest BCUT2D eigenvalue weighted by molar-refractivity contribution is 8.47. The Morgan fingerprint density at radius 2 is 0.549 bits per heavy atom. The third-order valence-electron chi connectivity index (χ3n) is 6.90. The molecule has 0 spiro atoms. The summed E-state index contributed by atoms with van der Waals surface area (Å²) in [5.74, 6) is 0. The highest BCUT2D eigenvalue weighted by atomic mass is 32.5. The van der Waals surface area contributed by atoms with Gasteiger partial charge in [-0.2, -0.15) is 0 Å². The van der Waals surface area contributed by atoms with Crippen LogP contribution in [-0.2, 0) is 0 Å². The molecule has 51 heavy (non-hydrogen) atoms. The van der Waals surface area contributed by atoms with Gasteiger partial charge in [0.1, 0.15) is 19.6 Å². The predicted octanol–water partition coefficient (Wildman–Crippen LogP) is 17.5. The van der Waals surface area contributed by atoms with E-state index in [0.717, 1.165) is 13.8 Å². The van der Waals surface area contributed by atoms with Gasteiger partial charge in [0, 0.05) is 16.8 Å². The molecule has 292 valence electrons. The van der Waals surface area contributed by atoms with Crippen LogP contribution in [0.2, 0.25) is 0 Å². The number of benzene rings is 4. The second-order valence-corrected chi connectivity index (χ2v) is 21.3. The van der Waals surface area contributed by atoms with Gasteiger partial charge in [-0.25, -0.2) is 0 Å². The summed E-state index contributed by atoms with van der Waals surface area (Å²) in [6, 6.07) is -2.31. The zero-order chi connectivity index (χ0) is 39.9. The molecule has 0 aliphatic rings. The number of halogens is 20. The molecule has 1 nitrogen and oxygen atoms in total. The third-order valence-corrected chi connectivity index (χ3v) is 11.4. The van der Waals surface area contributed by atoms with Crippen molar-refractivity contribution in [3.05, 3.63) is 77.9 Å². The number of hydrogen-bond acceptors (Lipinski definition) is 1. The Bertz CT molecular complexity index is 2150. The minimum absolute atomic E-state index is 0.0925. The van der Waals surface area contributed by atoms with Crippen molar-refractivity contribution in [3.63, 3.8) is 0 Å². The van der Waals surface area contributed by atoms with Crippen molar-refractivity contribution in [2.75, 3.05) is 5.73 Å². The third kappa shape index (κ3) is 9.19. The molecule has 2 N–H and O–H groups in total. The molecule has 0 saturated heterocycles. The number of nitrogens with two attached hydrogens (primary N) is 1. The lowest BCUT2D eigenvalue weighted by Crippen LogP contribution is -2.11. The molecule has 0 aliphatic carbocycles. The smallest absolute Gasteiger partial charge is 0.310 e. The monoisotopic (exact) mass is 853 g/mol. The first-order valence-corrected chi connectivity index (χ1v) is 20.6. The highest BCUT2D eigenvalue weighted by Crippen LogP contribution is 3.06. The van der Waals surface area contributed by atoms with Crippen LogP contribution >= 0.6 is 40.9 Å². The maximum Gasteiger partial charge on any atom is 0.310 e. The average Bonchev–Trinajstić information content (AvgIpc) is 2.82. The second kappa shape index (κ2) is 8.56. The van der Waals surface area contributed by atoms with Gasteiger partial charge in [-0.3, -0.25) is 0 Å². The van der Waals surface area contributed by atoms with E-state index in [2.05, 4.69) is 0 Å². The van der Waals surface area contributed by atoms with Crippen LogP contribution in [0.3, 0.4) is 0 Å². The van der Waals surface area contributed by atoms with Crippen LogP contribution in [0, 0.1) is 13.8 Å². The largest absolute Gasteiger partial charge is 0.398 e. The van der Waals surface area contributed by atoms with Crippen molar-refractivity contribution in [1.29, 1.82) is 0 Å². The van der Waals surface area contributed by atoms with Gasteiger partial charge in [0.15, 0.2) is 0 Å². The quantitative estimate of drug-likeness (QED) is 0.145. The summed E-state index contributed by atoms with van der Waals surface area (Å²) in [7, 11) is -44.0. The van der Waals surface area contributed by atoms with E-state index < -0.39 is 129 Å². The fraction of sp³-hybridized carbons (Fsp3) is 0.0769. The molecule has 0 aromatic heterocycles. The molecular formula is C26H19F20NS4. The number of hydrogen-bond donors (Lipinski definition) is 1. The second-order valence-electron chi connectivity index (χ2n) is 11.6. The van der Waals surface area contributed by atoms with Crippen LogP contribution in [0.15, 0.2) is 86.3 Å². The maximum atomic E-state index is 13.8. The molecule has 0 saturated carbocycles. The number of aryl methyl sites for hydroxylation is 2. The summed E-state index contributed by atoms with van der Waals surface area (Å²) >= 11 is 0. The summed E-state index contributed by atoms with van der Waals surface area (Å²) in [5, 5.41) is 0. The van der Waals surface area contributed by atoms with E-state index in [1.807, 2.05) is 0 Å². The average molecular weight is 854 g/mol. The first-order valence-electron chi connectivity index (χ1n) is 12.8. The number of rotatable bonds is 7. The minimum Gasteiger partial charge on any atom is -0.398 e. The van der Waals surface area contributed by atoms with Crippen molar-refractivity contribution in [2.45, 2.75) is 33.4 Å². The van der Waals surface area contributed by atoms with Crippen LogP contribution in [0.25, 0.3) is 33.4 Å². The number of nitrogen functional groups attached to an aromatic ring is 1. The van der Waals surface area contributed by atoms with Gasteiger partial charge in [-0.05, 0) is 102 Å². The van der Waals surface area contributed by atoms with Crippen molar-refractivity contribution >= 4 is 46.6 Å². The van der Waals surface area contributed by atoms with Crippen molar-refractivity contribution in [1.82, 2.24) is 0 Å². The Kier molecular flexibility index (Phi) is 6.79. The molecule has 0 atom stereocenters. The molecular weight excluding hydrogens is 835 g/mol. The Balaban J connectivity index is 2.28. The van der Waals surface area contributed by atoms with E-state index in [1.54, 1.807) is 0 Å². The Hall–Kier alpha value is -3.32. The SMILES string of the molecule is Cc1cc(-c2cc(-c3cc(C)cc(S(F)(F)(F)(F)F)c3)c(N)c(-c3cc(S(F)(F)(F)(F)F)cc(S(F)(F)(F)(F)F)c3)c2)cc(S(F)(F)(F)(F)F)c1. The minimum atomic E-state index is -11.4. The highest BCUT2D eigenvalue weighted by Gasteiger charge is 2.70. The van der Waals surface area contributed by atoms with Gasteiger partial charge in [0.05, 0.1) is 0 Å². The van der Waals surface area contributed by atoms with Crippen LogP contribution in [0.1, 0.15) is 11.1 Å². The first-order chi connectivity index (χ1) is 21.5. The molecule has 0 bridgehead atoms. The first kappa shape index (κ1) is 40.5. The van der Waals surface area contributed by atoms with Crippen LogP contribution < -0.4 is 5.73 Å². The van der Waals surface area contributed by atoms with E-state index in [9.17, 15) is 77.7 Å². The van der Waals surface area contributed by atoms with Crippen molar-refractivity contribution < 1.29 is 77.7 Å². The summed E-state index contributed by atoms with van der Waals surface area (Å²) in [5.41, 5.74) is -4.60. The lowest BCUT2D eigenvalue weighted by molar-refractivity contribution is 0.356. The normalized spacial score (nSPS) is 18.9.